The molecule has 1 N–H and O–H groups in total. The Morgan fingerprint density at radius 1 is 1.53 bits per heavy atom. The topological polar surface area (TPSA) is 41.6 Å². The molecule has 1 fully saturated rings. The molecule has 2 unspecified atom stereocenters. The van der Waals surface area contributed by atoms with Crippen molar-refractivity contribution in [2.75, 3.05) is 13.2 Å². The van der Waals surface area contributed by atoms with Crippen LogP contribution >= 0.6 is 11.3 Å². The van der Waals surface area contributed by atoms with Crippen LogP contribution < -0.4 is 5.32 Å². The van der Waals surface area contributed by atoms with Gasteiger partial charge in [0.1, 0.15) is 6.17 Å². The Balaban J connectivity index is 2.17. The summed E-state index contributed by atoms with van der Waals surface area (Å²) in [5.74, 6) is 0.145. The molecule has 1 aliphatic rings. The van der Waals surface area contributed by atoms with Crippen molar-refractivity contribution in [3.8, 4) is 0 Å². The van der Waals surface area contributed by atoms with Gasteiger partial charge in [0.05, 0.1) is 18.2 Å². The van der Waals surface area contributed by atoms with E-state index >= 15 is 0 Å². The lowest BCUT2D eigenvalue weighted by Gasteiger charge is -2.33. The molecule has 1 amide bonds. The number of ether oxygens (including phenoxy) is 1. The minimum Gasteiger partial charge on any atom is -0.374 e. The summed E-state index contributed by atoms with van der Waals surface area (Å²) in [4.78, 5) is 15.4. The average molecular weight is 282 g/mol. The molecule has 2 atom stereocenters. The third kappa shape index (κ3) is 3.16. The van der Waals surface area contributed by atoms with Gasteiger partial charge in [0.25, 0.3) is 0 Å². The highest BCUT2D eigenvalue weighted by atomic mass is 32.1. The Hall–Kier alpha value is -0.910. The van der Waals surface area contributed by atoms with Crippen molar-refractivity contribution < 1.29 is 9.53 Å². The van der Waals surface area contributed by atoms with E-state index in [1.165, 1.54) is 4.88 Å². The van der Waals surface area contributed by atoms with Gasteiger partial charge in [-0.1, -0.05) is 6.07 Å². The van der Waals surface area contributed by atoms with Gasteiger partial charge in [-0.05, 0) is 39.1 Å². The quantitative estimate of drug-likeness (QED) is 0.901. The van der Waals surface area contributed by atoms with Gasteiger partial charge in [-0.25, -0.2) is 0 Å². The second-order valence-electron chi connectivity index (χ2n) is 5.47. The van der Waals surface area contributed by atoms with Crippen LogP contribution in [-0.4, -0.2) is 35.6 Å². The predicted molar refractivity (Wildman–Crippen MR) is 77.1 cm³/mol. The van der Waals surface area contributed by atoms with Crippen LogP contribution in [0.1, 0.15) is 38.7 Å². The van der Waals surface area contributed by atoms with Crippen LogP contribution in [0.15, 0.2) is 17.5 Å². The van der Waals surface area contributed by atoms with Gasteiger partial charge in [0.2, 0.25) is 5.91 Å². The van der Waals surface area contributed by atoms with Crippen LogP contribution in [-0.2, 0) is 9.53 Å². The van der Waals surface area contributed by atoms with Crippen molar-refractivity contribution >= 4 is 17.2 Å². The summed E-state index contributed by atoms with van der Waals surface area (Å²) < 4.78 is 5.72. The second-order valence-corrected chi connectivity index (χ2v) is 6.44. The molecule has 0 aromatic carbocycles. The lowest BCUT2D eigenvalue weighted by molar-refractivity contribution is -0.134. The normalized spacial score (nSPS) is 24.2. The van der Waals surface area contributed by atoms with Crippen molar-refractivity contribution in [3.63, 3.8) is 0 Å². The van der Waals surface area contributed by atoms with Crippen molar-refractivity contribution in [1.82, 2.24) is 10.2 Å². The van der Waals surface area contributed by atoms with E-state index in [4.69, 9.17) is 4.74 Å². The Bertz CT molecular complexity index is 431. The number of thiophene rings is 1. The molecule has 0 radical (unpaired) electrons. The molecule has 0 spiro atoms. The largest absolute Gasteiger partial charge is 0.374 e. The molecule has 0 bridgehead atoms. The van der Waals surface area contributed by atoms with E-state index in [0.29, 0.717) is 13.2 Å². The molecule has 1 aliphatic heterocycles. The molecular formula is C14H22N2O2S. The van der Waals surface area contributed by atoms with Crippen LogP contribution in [0.3, 0.4) is 0 Å². The lowest BCUT2D eigenvalue weighted by Crippen LogP contribution is -2.43. The molecule has 1 aromatic heterocycles. The molecule has 19 heavy (non-hydrogen) atoms. The van der Waals surface area contributed by atoms with Crippen LogP contribution in [0.2, 0.25) is 0 Å². The maximum atomic E-state index is 12.3. The Kier molecular flexibility index (Phi) is 4.28. The highest BCUT2D eigenvalue weighted by molar-refractivity contribution is 7.10. The predicted octanol–water partition coefficient (Wildman–Crippen LogP) is 2.38. The fraction of sp³-hybridized carbons (Fsp3) is 0.643. The number of hydrogen-bond acceptors (Lipinski definition) is 4. The van der Waals surface area contributed by atoms with E-state index in [-0.39, 0.29) is 23.7 Å². The fourth-order valence-electron chi connectivity index (χ4n) is 2.47. The summed E-state index contributed by atoms with van der Waals surface area (Å²) in [6, 6.07) is 3.94. The zero-order valence-electron chi connectivity index (χ0n) is 12.0. The van der Waals surface area contributed by atoms with Gasteiger partial charge < -0.3 is 9.64 Å². The minimum absolute atomic E-state index is 0.0257. The SMILES string of the molecule is CCOC(C)(C)CN1C(=O)C(C)NC1c1cccs1. The molecule has 5 heteroatoms. The summed E-state index contributed by atoms with van der Waals surface area (Å²) in [5, 5.41) is 5.39. The zero-order valence-corrected chi connectivity index (χ0v) is 12.8. The first-order valence-electron chi connectivity index (χ1n) is 6.68. The molecule has 4 nitrogen and oxygen atoms in total. The molecule has 1 aromatic rings. The fourth-order valence-corrected chi connectivity index (χ4v) is 3.27. The monoisotopic (exact) mass is 282 g/mol. The van der Waals surface area contributed by atoms with E-state index in [1.807, 2.05) is 44.0 Å². The molecule has 0 aliphatic carbocycles. The summed E-state index contributed by atoms with van der Waals surface area (Å²) in [6.07, 6.45) is -0.0257. The van der Waals surface area contributed by atoms with Crippen LogP contribution in [0.4, 0.5) is 0 Å². The lowest BCUT2D eigenvalue weighted by atomic mass is 10.1. The van der Waals surface area contributed by atoms with E-state index in [1.54, 1.807) is 11.3 Å². The third-order valence-electron chi connectivity index (χ3n) is 3.27. The smallest absolute Gasteiger partial charge is 0.241 e. The summed E-state index contributed by atoms with van der Waals surface area (Å²) >= 11 is 1.67. The highest BCUT2D eigenvalue weighted by Gasteiger charge is 2.40. The van der Waals surface area contributed by atoms with E-state index in [2.05, 4.69) is 11.4 Å². The van der Waals surface area contributed by atoms with Gasteiger partial charge in [-0.2, -0.15) is 0 Å². The van der Waals surface area contributed by atoms with Gasteiger partial charge in [-0.3, -0.25) is 10.1 Å². The van der Waals surface area contributed by atoms with Crippen LogP contribution in [0.25, 0.3) is 0 Å². The third-order valence-corrected chi connectivity index (χ3v) is 4.20. The summed E-state index contributed by atoms with van der Waals surface area (Å²) in [5.41, 5.74) is -0.328. The van der Waals surface area contributed by atoms with E-state index in [0.717, 1.165) is 0 Å². The molecule has 0 saturated carbocycles. The maximum absolute atomic E-state index is 12.3. The number of carbonyl (C=O) groups excluding carboxylic acids is 1. The first-order chi connectivity index (χ1) is 8.94. The molecule has 106 valence electrons. The number of nitrogens with zero attached hydrogens (tertiary/aromatic N) is 1. The standard InChI is InChI=1S/C14H22N2O2S/c1-5-18-14(3,4)9-16-12(11-7-6-8-19-11)15-10(2)13(16)17/h6-8,10,12,15H,5,9H2,1-4H3. The maximum Gasteiger partial charge on any atom is 0.241 e. The molecular weight excluding hydrogens is 260 g/mol. The first-order valence-corrected chi connectivity index (χ1v) is 7.56. The van der Waals surface area contributed by atoms with E-state index in [9.17, 15) is 4.79 Å². The van der Waals surface area contributed by atoms with Crippen molar-refractivity contribution in [2.24, 2.45) is 0 Å². The summed E-state index contributed by atoms with van der Waals surface area (Å²) in [6.45, 7) is 9.19. The number of hydrogen-bond donors (Lipinski definition) is 1. The molecule has 2 heterocycles. The van der Waals surface area contributed by atoms with Gasteiger partial charge in [0.15, 0.2) is 0 Å². The van der Waals surface area contributed by atoms with Crippen molar-refractivity contribution in [1.29, 1.82) is 0 Å². The number of nitrogens with one attached hydrogen (secondary N) is 1. The van der Waals surface area contributed by atoms with Crippen LogP contribution in [0, 0.1) is 0 Å². The van der Waals surface area contributed by atoms with E-state index < -0.39 is 0 Å². The Morgan fingerprint density at radius 2 is 2.26 bits per heavy atom. The Morgan fingerprint density at radius 3 is 2.84 bits per heavy atom. The first kappa shape index (κ1) is 14.5. The average Bonchev–Trinajstić information content (AvgIpc) is 2.92. The van der Waals surface area contributed by atoms with Gasteiger partial charge in [0, 0.05) is 11.5 Å². The molecule has 1 saturated heterocycles. The van der Waals surface area contributed by atoms with Gasteiger partial charge in [-0.15, -0.1) is 11.3 Å². The highest BCUT2D eigenvalue weighted by Crippen LogP contribution is 2.30. The summed E-state index contributed by atoms with van der Waals surface area (Å²) in [7, 11) is 0. The zero-order chi connectivity index (χ0) is 14.0. The molecule has 2 rings (SSSR count). The second kappa shape index (κ2) is 5.61. The van der Waals surface area contributed by atoms with Crippen molar-refractivity contribution in [2.45, 2.75) is 45.5 Å². The Labute approximate surface area is 118 Å². The van der Waals surface area contributed by atoms with Crippen molar-refractivity contribution in [3.05, 3.63) is 22.4 Å². The van der Waals surface area contributed by atoms with Gasteiger partial charge >= 0.3 is 0 Å². The minimum atomic E-state index is -0.328. The number of rotatable bonds is 5. The van der Waals surface area contributed by atoms with Crippen LogP contribution in [0.5, 0.6) is 0 Å². The number of carbonyl (C=O) groups is 1. The number of amides is 1.